The number of carbonyl (C=O) groups is 2. The van der Waals surface area contributed by atoms with Gasteiger partial charge >= 0.3 is 0 Å². The van der Waals surface area contributed by atoms with Crippen molar-refractivity contribution in [1.82, 2.24) is 10.6 Å². The molecule has 26 heavy (non-hydrogen) atoms. The van der Waals surface area contributed by atoms with Gasteiger partial charge in [-0.2, -0.15) is 0 Å². The van der Waals surface area contributed by atoms with E-state index in [1.165, 1.54) is 25.3 Å². The predicted octanol–water partition coefficient (Wildman–Crippen LogP) is 1.93. The normalized spacial score (nSPS) is 10.1. The quantitative estimate of drug-likeness (QED) is 0.706. The fraction of sp³-hybridized carbons (Fsp3) is 0.263. The van der Waals surface area contributed by atoms with Crippen LogP contribution in [0.1, 0.15) is 15.9 Å². The van der Waals surface area contributed by atoms with Gasteiger partial charge in [0.15, 0.2) is 11.5 Å². The van der Waals surface area contributed by atoms with Gasteiger partial charge in [-0.1, -0.05) is 12.1 Å². The third-order valence-corrected chi connectivity index (χ3v) is 3.63. The minimum Gasteiger partial charge on any atom is -0.493 e. The van der Waals surface area contributed by atoms with Crippen LogP contribution in [0.25, 0.3) is 0 Å². The van der Waals surface area contributed by atoms with Gasteiger partial charge in [0, 0.05) is 18.7 Å². The summed E-state index contributed by atoms with van der Waals surface area (Å²) in [5.74, 6) is 0.105. The number of ether oxygens (including phenoxy) is 2. The molecule has 0 aliphatic heterocycles. The summed E-state index contributed by atoms with van der Waals surface area (Å²) < 4.78 is 23.4. The Morgan fingerprint density at radius 3 is 2.38 bits per heavy atom. The monoisotopic (exact) mass is 360 g/mol. The molecule has 0 aromatic heterocycles. The molecule has 2 aromatic carbocycles. The van der Waals surface area contributed by atoms with Crippen LogP contribution < -0.4 is 20.1 Å². The molecule has 0 saturated heterocycles. The Balaban J connectivity index is 1.76. The Morgan fingerprint density at radius 2 is 1.69 bits per heavy atom. The number of nitrogens with one attached hydrogen (secondary N) is 2. The smallest absolute Gasteiger partial charge is 0.251 e. The number of benzene rings is 2. The van der Waals surface area contributed by atoms with Crippen molar-refractivity contribution >= 4 is 11.8 Å². The molecule has 0 heterocycles. The summed E-state index contributed by atoms with van der Waals surface area (Å²) in [7, 11) is 3.07. The highest BCUT2D eigenvalue weighted by Crippen LogP contribution is 2.27. The highest BCUT2D eigenvalue weighted by molar-refractivity contribution is 5.94. The summed E-state index contributed by atoms with van der Waals surface area (Å²) in [4.78, 5) is 23.8. The van der Waals surface area contributed by atoms with E-state index in [9.17, 15) is 14.0 Å². The molecule has 138 valence electrons. The molecule has 0 spiro atoms. The van der Waals surface area contributed by atoms with Crippen LogP contribution in [0.4, 0.5) is 4.39 Å². The maximum Gasteiger partial charge on any atom is 0.251 e. The van der Waals surface area contributed by atoms with Crippen molar-refractivity contribution in [2.45, 2.75) is 6.42 Å². The highest BCUT2D eigenvalue weighted by Gasteiger charge is 2.09. The molecule has 0 bridgehead atoms. The van der Waals surface area contributed by atoms with E-state index in [1.54, 1.807) is 25.3 Å². The van der Waals surface area contributed by atoms with E-state index in [1.807, 2.05) is 0 Å². The minimum atomic E-state index is -0.471. The summed E-state index contributed by atoms with van der Waals surface area (Å²) in [5.41, 5.74) is 1.02. The number of halogens is 1. The Bertz CT molecular complexity index is 780. The lowest BCUT2D eigenvalue weighted by Gasteiger charge is -2.10. The molecule has 2 amide bonds. The molecule has 0 aliphatic rings. The van der Waals surface area contributed by atoms with E-state index in [-0.39, 0.29) is 31.0 Å². The van der Waals surface area contributed by atoms with Crippen molar-refractivity contribution in [3.05, 3.63) is 59.4 Å². The third kappa shape index (κ3) is 5.47. The van der Waals surface area contributed by atoms with E-state index in [0.717, 1.165) is 11.6 Å². The van der Waals surface area contributed by atoms with Crippen molar-refractivity contribution in [3.8, 4) is 11.5 Å². The second-order valence-electron chi connectivity index (χ2n) is 5.48. The first-order valence-corrected chi connectivity index (χ1v) is 8.05. The van der Waals surface area contributed by atoms with Crippen molar-refractivity contribution < 1.29 is 23.5 Å². The van der Waals surface area contributed by atoms with Gasteiger partial charge in [0.05, 0.1) is 20.6 Å². The lowest BCUT2D eigenvalue weighted by Crippen LogP contribution is -2.35. The zero-order valence-corrected chi connectivity index (χ0v) is 14.7. The van der Waals surface area contributed by atoms with Crippen molar-refractivity contribution in [3.63, 3.8) is 0 Å². The number of amides is 2. The average Bonchev–Trinajstić information content (AvgIpc) is 2.64. The molecule has 6 nitrogen and oxygen atoms in total. The van der Waals surface area contributed by atoms with Crippen LogP contribution in [0.2, 0.25) is 0 Å². The van der Waals surface area contributed by atoms with Crippen molar-refractivity contribution in [2.75, 3.05) is 27.3 Å². The molecular weight excluding hydrogens is 339 g/mol. The lowest BCUT2D eigenvalue weighted by molar-refractivity contribution is -0.120. The molecule has 0 unspecified atom stereocenters. The first kappa shape index (κ1) is 19.2. The molecule has 7 heteroatoms. The van der Waals surface area contributed by atoms with Crippen LogP contribution in [-0.2, 0) is 11.2 Å². The lowest BCUT2D eigenvalue weighted by atomic mass is 10.1. The molecule has 2 aromatic rings. The molecule has 2 rings (SSSR count). The Hall–Kier alpha value is -3.09. The number of methoxy groups -OCH3 is 2. The van der Waals surface area contributed by atoms with Gasteiger partial charge < -0.3 is 20.1 Å². The molecule has 0 saturated carbocycles. The van der Waals surface area contributed by atoms with E-state index in [4.69, 9.17) is 9.47 Å². The summed E-state index contributed by atoms with van der Waals surface area (Å²) in [6.45, 7) is 0.514. The van der Waals surface area contributed by atoms with Crippen LogP contribution >= 0.6 is 0 Å². The SMILES string of the molecule is COc1ccc(CC(=O)NCCNC(=O)c2cccc(F)c2)cc1OC. The summed E-state index contributed by atoms with van der Waals surface area (Å²) in [6.07, 6.45) is 0.179. The fourth-order valence-electron chi connectivity index (χ4n) is 2.35. The van der Waals surface area contributed by atoms with Crippen LogP contribution in [-0.4, -0.2) is 39.1 Å². The van der Waals surface area contributed by atoms with E-state index in [0.29, 0.717) is 11.5 Å². The first-order chi connectivity index (χ1) is 12.5. The van der Waals surface area contributed by atoms with Crippen LogP contribution in [0.15, 0.2) is 42.5 Å². The molecule has 0 atom stereocenters. The summed E-state index contributed by atoms with van der Waals surface area (Å²) in [5, 5.41) is 5.34. The highest BCUT2D eigenvalue weighted by atomic mass is 19.1. The van der Waals surface area contributed by atoms with Gasteiger partial charge in [-0.3, -0.25) is 9.59 Å². The number of hydrogen-bond acceptors (Lipinski definition) is 4. The van der Waals surface area contributed by atoms with Gasteiger partial charge in [0.2, 0.25) is 5.91 Å². The predicted molar refractivity (Wildman–Crippen MR) is 95.0 cm³/mol. The van der Waals surface area contributed by atoms with Gasteiger partial charge in [0.1, 0.15) is 5.82 Å². The second kappa shape index (κ2) is 9.41. The zero-order chi connectivity index (χ0) is 18.9. The Labute approximate surface area is 151 Å². The van der Waals surface area contributed by atoms with Crippen LogP contribution in [0.3, 0.4) is 0 Å². The Morgan fingerprint density at radius 1 is 0.962 bits per heavy atom. The topological polar surface area (TPSA) is 76.7 Å². The van der Waals surface area contributed by atoms with Gasteiger partial charge in [-0.25, -0.2) is 4.39 Å². The third-order valence-electron chi connectivity index (χ3n) is 3.63. The van der Waals surface area contributed by atoms with Crippen molar-refractivity contribution in [1.29, 1.82) is 0 Å². The van der Waals surface area contributed by atoms with Gasteiger partial charge in [0.25, 0.3) is 5.91 Å². The first-order valence-electron chi connectivity index (χ1n) is 8.05. The Kier molecular flexibility index (Phi) is 6.96. The maximum atomic E-state index is 13.1. The number of hydrogen-bond donors (Lipinski definition) is 2. The fourth-order valence-corrected chi connectivity index (χ4v) is 2.35. The second-order valence-corrected chi connectivity index (χ2v) is 5.48. The molecule has 2 N–H and O–H groups in total. The number of rotatable bonds is 8. The van der Waals surface area contributed by atoms with Crippen LogP contribution in [0, 0.1) is 5.82 Å². The van der Waals surface area contributed by atoms with Gasteiger partial charge in [-0.15, -0.1) is 0 Å². The van der Waals surface area contributed by atoms with Crippen molar-refractivity contribution in [2.24, 2.45) is 0 Å². The average molecular weight is 360 g/mol. The maximum absolute atomic E-state index is 13.1. The largest absolute Gasteiger partial charge is 0.493 e. The van der Waals surface area contributed by atoms with E-state index < -0.39 is 11.7 Å². The minimum absolute atomic E-state index is 0.179. The molecule has 0 radical (unpaired) electrons. The van der Waals surface area contributed by atoms with E-state index in [2.05, 4.69) is 10.6 Å². The molecule has 0 fully saturated rings. The standard InChI is InChI=1S/C19H21FN2O4/c1-25-16-7-6-13(10-17(16)26-2)11-18(23)21-8-9-22-19(24)14-4-3-5-15(20)12-14/h3-7,10,12H,8-9,11H2,1-2H3,(H,21,23)(H,22,24). The summed E-state index contributed by atoms with van der Waals surface area (Å²) in [6, 6.07) is 10.7. The molecule has 0 aliphatic carbocycles. The molecular formula is C19H21FN2O4. The van der Waals surface area contributed by atoms with Gasteiger partial charge in [-0.05, 0) is 35.9 Å². The zero-order valence-electron chi connectivity index (χ0n) is 14.7. The van der Waals surface area contributed by atoms with Crippen LogP contribution in [0.5, 0.6) is 11.5 Å². The number of carbonyl (C=O) groups excluding carboxylic acids is 2. The van der Waals surface area contributed by atoms with E-state index >= 15 is 0 Å². The summed E-state index contributed by atoms with van der Waals surface area (Å²) >= 11 is 0.